The summed E-state index contributed by atoms with van der Waals surface area (Å²) in [5.74, 6) is -3.95. The monoisotopic (exact) mass is 897 g/mol. The molecule has 1 heterocycles. The van der Waals surface area contributed by atoms with Crippen molar-refractivity contribution >= 4 is 74.6 Å². The number of rotatable bonds is 6. The SMILES string of the molecule is COc1cccc2c1C(=O)c1c(O)c3c(c(O)c1C2=O)C[C@@](O)(C(C)=O)C[C@@H]3O[C@H]1C[C@H](N)[C@H](O)[C@H](C)O1.O=S(c1cc(Cl)cc(Cl)c1O)c1cc(Cl)cc(Cl)c1O. The number of ketones is 3. The summed E-state index contributed by atoms with van der Waals surface area (Å²) >= 11 is 23.2. The molecule has 1 saturated heterocycles. The van der Waals surface area contributed by atoms with E-state index < -0.39 is 93.4 Å². The van der Waals surface area contributed by atoms with Crippen molar-refractivity contribution in [2.24, 2.45) is 5.73 Å². The number of Topliss-reactive ketones (excluding diaryl/α,β-unsaturated/α-hetero) is 1. The number of phenols is 4. The molecule has 4 aromatic carbocycles. The first-order valence-corrected chi connectivity index (χ1v) is 20.0. The first kappa shape index (κ1) is 43.6. The first-order valence-electron chi connectivity index (χ1n) is 17.3. The summed E-state index contributed by atoms with van der Waals surface area (Å²) in [6.07, 6.45) is -4.53. The van der Waals surface area contributed by atoms with Crippen LogP contribution in [0.5, 0.6) is 28.7 Å². The molecule has 19 heteroatoms. The zero-order valence-electron chi connectivity index (χ0n) is 30.6. The van der Waals surface area contributed by atoms with Crippen LogP contribution >= 0.6 is 46.4 Å². The van der Waals surface area contributed by atoms with Crippen LogP contribution in [0.25, 0.3) is 0 Å². The van der Waals surface area contributed by atoms with E-state index in [1.54, 1.807) is 6.92 Å². The number of aliphatic hydroxyl groups excluding tert-OH is 1. The van der Waals surface area contributed by atoms with Crippen LogP contribution in [-0.2, 0) is 31.5 Å². The summed E-state index contributed by atoms with van der Waals surface area (Å²) in [6, 6.07) is 8.94. The van der Waals surface area contributed by atoms with E-state index in [4.69, 9.17) is 66.3 Å². The van der Waals surface area contributed by atoms with Crippen LogP contribution in [0, 0.1) is 0 Å². The number of aromatic hydroxyl groups is 4. The molecular formula is C39H35Cl4NO13S. The molecule has 0 bridgehead atoms. The van der Waals surface area contributed by atoms with Crippen LogP contribution < -0.4 is 10.5 Å². The summed E-state index contributed by atoms with van der Waals surface area (Å²) in [4.78, 5) is 39.5. The van der Waals surface area contributed by atoms with Gasteiger partial charge in [-0.15, -0.1) is 0 Å². The molecule has 8 N–H and O–H groups in total. The third-order valence-corrected chi connectivity index (χ3v) is 12.6. The zero-order valence-corrected chi connectivity index (χ0v) is 34.4. The van der Waals surface area contributed by atoms with E-state index in [2.05, 4.69) is 0 Å². The Bertz CT molecular complexity index is 2340. The van der Waals surface area contributed by atoms with E-state index in [1.165, 1.54) is 56.5 Å². The highest BCUT2D eigenvalue weighted by molar-refractivity contribution is 7.85. The molecule has 0 amide bonds. The Balaban J connectivity index is 0.000000239. The van der Waals surface area contributed by atoms with Crippen molar-refractivity contribution in [1.29, 1.82) is 0 Å². The number of aliphatic hydroxyl groups is 2. The van der Waals surface area contributed by atoms with Crippen molar-refractivity contribution in [2.45, 2.75) is 79.1 Å². The number of fused-ring (bicyclic) bond motifs is 3. The Kier molecular flexibility index (Phi) is 12.4. The fourth-order valence-corrected chi connectivity index (χ4v) is 9.65. The number of hydrogen-bond donors (Lipinski definition) is 7. The molecule has 0 unspecified atom stereocenters. The van der Waals surface area contributed by atoms with Gasteiger partial charge in [-0.2, -0.15) is 0 Å². The highest BCUT2D eigenvalue weighted by atomic mass is 35.5. The van der Waals surface area contributed by atoms with Gasteiger partial charge in [0.15, 0.2) is 29.4 Å². The molecule has 14 nitrogen and oxygen atoms in total. The lowest BCUT2D eigenvalue weighted by atomic mass is 9.72. The number of nitrogens with two attached hydrogens (primary N) is 1. The number of carbonyl (C=O) groups excluding carboxylic acids is 3. The first-order chi connectivity index (χ1) is 27.2. The lowest BCUT2D eigenvalue weighted by molar-refractivity contribution is -0.247. The van der Waals surface area contributed by atoms with Crippen LogP contribution in [0.15, 0.2) is 52.3 Å². The van der Waals surface area contributed by atoms with Gasteiger partial charge in [0.2, 0.25) is 5.78 Å². The number of benzene rings is 4. The van der Waals surface area contributed by atoms with Gasteiger partial charge in [0.1, 0.15) is 22.8 Å². The smallest absolute Gasteiger partial charge is 0.202 e. The van der Waals surface area contributed by atoms with Gasteiger partial charge in [0, 0.05) is 52.0 Å². The summed E-state index contributed by atoms with van der Waals surface area (Å²) in [5.41, 5.74) is 2.97. The second-order valence-electron chi connectivity index (χ2n) is 13.9. The van der Waals surface area contributed by atoms with E-state index >= 15 is 0 Å². The number of methoxy groups -OCH3 is 1. The number of phenolic OH excluding ortho intramolecular Hbond substituents is 4. The molecule has 4 aromatic rings. The highest BCUT2D eigenvalue weighted by Crippen LogP contribution is 2.52. The third-order valence-electron chi connectivity index (χ3n) is 10.2. The normalized spacial score (nSPS) is 23.7. The highest BCUT2D eigenvalue weighted by Gasteiger charge is 2.49. The van der Waals surface area contributed by atoms with Gasteiger partial charge in [0.25, 0.3) is 0 Å². The molecule has 1 aliphatic heterocycles. The fourth-order valence-electron chi connectivity index (χ4n) is 7.14. The molecular weight excluding hydrogens is 864 g/mol. The summed E-state index contributed by atoms with van der Waals surface area (Å²) < 4.78 is 29.5. The number of halogens is 4. The molecule has 2 aliphatic carbocycles. The second-order valence-corrected chi connectivity index (χ2v) is 17.0. The van der Waals surface area contributed by atoms with Crippen molar-refractivity contribution in [3.8, 4) is 28.7 Å². The maximum atomic E-state index is 13.6. The molecule has 7 rings (SSSR count). The quantitative estimate of drug-likeness (QED) is 0.0981. The van der Waals surface area contributed by atoms with Gasteiger partial charge in [-0.1, -0.05) is 58.5 Å². The van der Waals surface area contributed by atoms with Gasteiger partial charge in [-0.05, 0) is 44.2 Å². The second kappa shape index (κ2) is 16.6. The standard InChI is InChI=1S/C27H29NO10.C12H6Cl4O3S/c1-10-22(30)14(28)7-17(37-10)38-16-9-27(35,11(2)29)8-13-19(16)26(34)21-20(24(13)32)23(31)12-5-4-6-15(36-3)18(12)25(21)33;13-5-1-7(15)11(17)9(3-5)20(19)10-4-6(14)2-8(16)12(10)18/h4-6,10,14,16-17,22,30,32,34-35H,7-9,28H2,1-3H3;1-4,17-18H/t10-,14-,16-,17-,22+,27-;/m0./s1. The van der Waals surface area contributed by atoms with Gasteiger partial charge in [-0.3, -0.25) is 14.4 Å². The van der Waals surface area contributed by atoms with Gasteiger partial charge in [0.05, 0.1) is 72.7 Å². The third kappa shape index (κ3) is 7.76. The average molecular weight is 900 g/mol. The minimum Gasteiger partial charge on any atom is -0.507 e. The molecule has 0 spiro atoms. The Hall–Kier alpha value is -4.00. The van der Waals surface area contributed by atoms with E-state index in [1.807, 2.05) is 0 Å². The average Bonchev–Trinajstić information content (AvgIpc) is 3.16. The molecule has 308 valence electrons. The van der Waals surface area contributed by atoms with Crippen molar-refractivity contribution in [2.75, 3.05) is 7.11 Å². The Morgan fingerprint density at radius 3 is 2.00 bits per heavy atom. The van der Waals surface area contributed by atoms with Crippen LogP contribution in [0.1, 0.15) is 75.8 Å². The minimum absolute atomic E-state index is 0.0147. The van der Waals surface area contributed by atoms with Crippen LogP contribution in [-0.4, -0.2) is 89.4 Å². The predicted molar refractivity (Wildman–Crippen MR) is 211 cm³/mol. The number of carbonyl (C=O) groups is 3. The molecule has 6 atom stereocenters. The van der Waals surface area contributed by atoms with E-state index in [-0.39, 0.29) is 82.2 Å². The minimum atomic E-state index is -2.00. The van der Waals surface area contributed by atoms with Gasteiger partial charge < -0.3 is 50.6 Å². The topological polar surface area (TPSA) is 243 Å². The Morgan fingerprint density at radius 1 is 0.897 bits per heavy atom. The predicted octanol–water partition coefficient (Wildman–Crippen LogP) is 5.91. The molecule has 3 aliphatic rings. The van der Waals surface area contributed by atoms with Gasteiger partial charge in [-0.25, -0.2) is 4.21 Å². The molecule has 0 saturated carbocycles. The maximum Gasteiger partial charge on any atom is 0.202 e. The number of hydrogen-bond acceptors (Lipinski definition) is 14. The van der Waals surface area contributed by atoms with Crippen LogP contribution in [0.4, 0.5) is 0 Å². The Morgan fingerprint density at radius 2 is 1.47 bits per heavy atom. The van der Waals surface area contributed by atoms with Crippen molar-refractivity contribution in [3.63, 3.8) is 0 Å². The summed E-state index contributed by atoms with van der Waals surface area (Å²) in [6.45, 7) is 2.79. The number of ether oxygens (including phenoxy) is 3. The molecule has 58 heavy (non-hydrogen) atoms. The molecule has 0 radical (unpaired) electrons. The maximum absolute atomic E-state index is 13.6. The Labute approximate surface area is 353 Å². The van der Waals surface area contributed by atoms with Crippen molar-refractivity contribution in [1.82, 2.24) is 0 Å². The van der Waals surface area contributed by atoms with Crippen molar-refractivity contribution in [3.05, 3.63) is 95.9 Å². The molecule has 0 aromatic heterocycles. The lowest BCUT2D eigenvalue weighted by Crippen LogP contribution is -2.52. The fraction of sp³-hybridized carbons (Fsp3) is 0.308. The van der Waals surface area contributed by atoms with Gasteiger partial charge >= 0.3 is 0 Å². The largest absolute Gasteiger partial charge is 0.507 e. The lowest BCUT2D eigenvalue weighted by Gasteiger charge is -2.42. The van der Waals surface area contributed by atoms with Crippen molar-refractivity contribution < 1.29 is 63.4 Å². The zero-order chi connectivity index (χ0) is 42.7. The van der Waals surface area contributed by atoms with E-state index in [0.29, 0.717) is 0 Å². The molecule has 1 fully saturated rings. The van der Waals surface area contributed by atoms with Crippen LogP contribution in [0.3, 0.4) is 0 Å². The van der Waals surface area contributed by atoms with E-state index in [9.17, 15) is 49.2 Å². The summed E-state index contributed by atoms with van der Waals surface area (Å²) in [7, 11) is -0.609. The van der Waals surface area contributed by atoms with E-state index in [0.717, 1.165) is 0 Å². The summed E-state index contributed by atoms with van der Waals surface area (Å²) in [5, 5.41) is 64.1. The van der Waals surface area contributed by atoms with Crippen LogP contribution in [0.2, 0.25) is 20.1 Å².